The predicted octanol–water partition coefficient (Wildman–Crippen LogP) is 2.36. The second-order valence-electron chi connectivity index (χ2n) is 6.95. The summed E-state index contributed by atoms with van der Waals surface area (Å²) in [6.45, 7) is 6.04. The van der Waals surface area contributed by atoms with Crippen LogP contribution in [-0.4, -0.2) is 74.6 Å². The number of carbonyl (C=O) groups is 2. The highest BCUT2D eigenvalue weighted by Gasteiger charge is 2.43. The van der Waals surface area contributed by atoms with Crippen LogP contribution < -0.4 is 0 Å². The maximum Gasteiger partial charge on any atom is 0.409 e. The Morgan fingerprint density at radius 1 is 1.28 bits per heavy atom. The van der Waals surface area contributed by atoms with Crippen molar-refractivity contribution in [3.8, 4) is 0 Å². The van der Waals surface area contributed by atoms with E-state index in [1.165, 1.54) is 28.6 Å². The smallest absolute Gasteiger partial charge is 0.409 e. The van der Waals surface area contributed by atoms with Crippen LogP contribution in [0.3, 0.4) is 0 Å². The summed E-state index contributed by atoms with van der Waals surface area (Å²) in [4.78, 5) is 33.2. The van der Waals surface area contributed by atoms with Gasteiger partial charge in [-0.1, -0.05) is 23.9 Å². The Morgan fingerprint density at radius 3 is 2.59 bits per heavy atom. The summed E-state index contributed by atoms with van der Waals surface area (Å²) >= 11 is 1.38. The van der Waals surface area contributed by atoms with Crippen LogP contribution in [0.1, 0.15) is 29.1 Å². The fraction of sp³-hybridized carbons (Fsp3) is 0.474. The van der Waals surface area contributed by atoms with Gasteiger partial charge in [0, 0.05) is 26.2 Å². The number of amides is 1. The van der Waals surface area contributed by atoms with Crippen LogP contribution in [0.4, 0.5) is 9.18 Å². The molecule has 0 saturated carbocycles. The van der Waals surface area contributed by atoms with E-state index < -0.39 is 5.25 Å². The topological polar surface area (TPSA) is 80.6 Å². The summed E-state index contributed by atoms with van der Waals surface area (Å²) in [6, 6.07) is 5.96. The van der Waals surface area contributed by atoms with Crippen molar-refractivity contribution in [1.29, 1.82) is 0 Å². The van der Waals surface area contributed by atoms with Crippen molar-refractivity contribution < 1.29 is 18.7 Å². The van der Waals surface area contributed by atoms with Gasteiger partial charge in [0.1, 0.15) is 16.9 Å². The van der Waals surface area contributed by atoms with E-state index in [0.29, 0.717) is 43.8 Å². The van der Waals surface area contributed by atoms with E-state index >= 15 is 0 Å². The first-order valence-corrected chi connectivity index (χ1v) is 10.4. The molecule has 10 heteroatoms. The molecule has 0 aliphatic carbocycles. The van der Waals surface area contributed by atoms with Gasteiger partial charge in [-0.2, -0.15) is 4.68 Å². The molecule has 8 nitrogen and oxygen atoms in total. The lowest BCUT2D eigenvalue weighted by Gasteiger charge is -2.40. The molecule has 2 aliphatic heterocycles. The molecule has 1 fully saturated rings. The molecule has 0 N–H and O–H groups in total. The Hall–Kier alpha value is -2.46. The van der Waals surface area contributed by atoms with Crippen LogP contribution in [-0.2, 0) is 4.74 Å². The number of aryl methyl sites for hydroxylation is 1. The summed E-state index contributed by atoms with van der Waals surface area (Å²) in [5.41, 5.74) is 0.851. The molecule has 2 atom stereocenters. The number of rotatable bonds is 4. The zero-order valence-electron chi connectivity index (χ0n) is 16.2. The van der Waals surface area contributed by atoms with Crippen LogP contribution >= 0.6 is 11.8 Å². The van der Waals surface area contributed by atoms with Gasteiger partial charge in [0.25, 0.3) is 5.91 Å². The molecule has 1 saturated heterocycles. The van der Waals surface area contributed by atoms with Crippen LogP contribution in [0, 0.1) is 12.7 Å². The first-order chi connectivity index (χ1) is 14.0. The maximum absolute atomic E-state index is 13.5. The molecule has 0 spiro atoms. The summed E-state index contributed by atoms with van der Waals surface area (Å²) < 4.78 is 19.9. The minimum atomic E-state index is -0.440. The van der Waals surface area contributed by atoms with Crippen LogP contribution in [0.2, 0.25) is 0 Å². The maximum atomic E-state index is 13.5. The molecular weight excluding hydrogens is 397 g/mol. The number of aromatic nitrogens is 3. The molecule has 2 unspecified atom stereocenters. The SMILES string of the molecule is CCOC(=O)N1CCN(C(c2ccc(F)cc2)C2Sc3nc(C)nn3C2=O)CC1. The van der Waals surface area contributed by atoms with Gasteiger partial charge in [-0.15, -0.1) is 5.10 Å². The summed E-state index contributed by atoms with van der Waals surface area (Å²) in [5, 5.41) is 4.34. The number of nitrogens with zero attached hydrogens (tertiary/aromatic N) is 5. The second-order valence-corrected chi connectivity index (χ2v) is 8.06. The number of piperazine rings is 1. The van der Waals surface area contributed by atoms with Gasteiger partial charge in [-0.25, -0.2) is 14.2 Å². The normalized spacial score (nSPS) is 20.6. The number of halogens is 1. The number of thioether (sulfide) groups is 1. The van der Waals surface area contributed by atoms with Crippen molar-refractivity contribution in [3.05, 3.63) is 41.5 Å². The molecule has 1 aromatic carbocycles. The first-order valence-electron chi connectivity index (χ1n) is 9.53. The van der Waals surface area contributed by atoms with Gasteiger partial charge in [-0.3, -0.25) is 9.69 Å². The summed E-state index contributed by atoms with van der Waals surface area (Å²) in [7, 11) is 0. The molecule has 4 rings (SSSR count). The van der Waals surface area contributed by atoms with Crippen LogP contribution in [0.15, 0.2) is 29.4 Å². The summed E-state index contributed by atoms with van der Waals surface area (Å²) in [6.07, 6.45) is -0.323. The molecule has 0 radical (unpaired) electrons. The van der Waals surface area contributed by atoms with Gasteiger partial charge >= 0.3 is 6.09 Å². The molecular formula is C19H22FN5O3S. The van der Waals surface area contributed by atoms with Crippen molar-refractivity contribution in [3.63, 3.8) is 0 Å². The lowest BCUT2D eigenvalue weighted by Crippen LogP contribution is -2.52. The zero-order valence-corrected chi connectivity index (χ0v) is 17.1. The lowest BCUT2D eigenvalue weighted by atomic mass is 10.00. The highest BCUT2D eigenvalue weighted by Crippen LogP contribution is 2.41. The molecule has 2 aliphatic rings. The Morgan fingerprint density at radius 2 is 1.97 bits per heavy atom. The van der Waals surface area contributed by atoms with Crippen LogP contribution in [0.5, 0.6) is 0 Å². The lowest BCUT2D eigenvalue weighted by molar-refractivity contribution is 0.0600. The highest BCUT2D eigenvalue weighted by atomic mass is 32.2. The Labute approximate surface area is 172 Å². The van der Waals surface area contributed by atoms with Crippen molar-refractivity contribution in [2.24, 2.45) is 0 Å². The van der Waals surface area contributed by atoms with E-state index in [4.69, 9.17) is 4.74 Å². The molecule has 0 bridgehead atoms. The van der Waals surface area contributed by atoms with E-state index in [-0.39, 0.29) is 23.9 Å². The number of hydrogen-bond donors (Lipinski definition) is 0. The van der Waals surface area contributed by atoms with Crippen molar-refractivity contribution in [2.75, 3.05) is 32.8 Å². The molecule has 154 valence electrons. The average molecular weight is 419 g/mol. The van der Waals surface area contributed by atoms with E-state index in [1.54, 1.807) is 30.9 Å². The van der Waals surface area contributed by atoms with Crippen molar-refractivity contribution in [2.45, 2.75) is 30.3 Å². The third-order valence-corrected chi connectivity index (χ3v) is 6.29. The highest BCUT2D eigenvalue weighted by molar-refractivity contribution is 8.00. The van der Waals surface area contributed by atoms with Crippen LogP contribution in [0.25, 0.3) is 0 Å². The number of fused-ring (bicyclic) bond motifs is 1. The van der Waals surface area contributed by atoms with Gasteiger partial charge in [0.2, 0.25) is 0 Å². The Kier molecular flexibility index (Phi) is 5.55. The van der Waals surface area contributed by atoms with Gasteiger partial charge in [-0.05, 0) is 31.5 Å². The standard InChI is InChI=1S/C19H22FN5O3S/c1-3-28-19(27)24-10-8-23(9-11-24)15(13-4-6-14(20)7-5-13)16-17(26)25-18(29-16)21-12(2)22-25/h4-7,15-16H,3,8-11H2,1-2H3. The van der Waals surface area contributed by atoms with E-state index in [2.05, 4.69) is 15.0 Å². The molecule has 1 amide bonds. The molecule has 2 aromatic rings. The number of hydrogen-bond acceptors (Lipinski definition) is 7. The molecule has 1 aromatic heterocycles. The average Bonchev–Trinajstić information content (AvgIpc) is 3.22. The van der Waals surface area contributed by atoms with Gasteiger partial charge < -0.3 is 9.64 Å². The van der Waals surface area contributed by atoms with E-state index in [9.17, 15) is 14.0 Å². The Balaban J connectivity index is 1.57. The third-order valence-electron chi connectivity index (χ3n) is 5.10. The number of ether oxygens (including phenoxy) is 1. The minimum absolute atomic E-state index is 0.132. The largest absolute Gasteiger partial charge is 0.450 e. The zero-order chi connectivity index (χ0) is 20.5. The number of carbonyl (C=O) groups excluding carboxylic acids is 2. The third kappa shape index (κ3) is 3.86. The first kappa shape index (κ1) is 19.8. The Bertz CT molecular complexity index is 911. The quantitative estimate of drug-likeness (QED) is 0.753. The van der Waals surface area contributed by atoms with Gasteiger partial charge in [0.05, 0.1) is 12.6 Å². The summed E-state index contributed by atoms with van der Waals surface area (Å²) in [5.74, 6) is 0.101. The molecule has 3 heterocycles. The number of benzene rings is 1. The van der Waals surface area contributed by atoms with Crippen molar-refractivity contribution >= 4 is 23.8 Å². The minimum Gasteiger partial charge on any atom is -0.450 e. The van der Waals surface area contributed by atoms with E-state index in [0.717, 1.165) is 5.56 Å². The monoisotopic (exact) mass is 419 g/mol. The van der Waals surface area contributed by atoms with E-state index in [1.807, 2.05) is 0 Å². The second kappa shape index (κ2) is 8.11. The predicted molar refractivity (Wildman–Crippen MR) is 104 cm³/mol. The fourth-order valence-corrected chi connectivity index (χ4v) is 5.04. The molecule has 29 heavy (non-hydrogen) atoms. The fourth-order valence-electron chi connectivity index (χ4n) is 3.73. The van der Waals surface area contributed by atoms with Gasteiger partial charge in [0.15, 0.2) is 5.16 Å². The van der Waals surface area contributed by atoms with Crippen molar-refractivity contribution in [1.82, 2.24) is 24.6 Å².